The lowest BCUT2D eigenvalue weighted by Gasteiger charge is -2.29. The Labute approximate surface area is 119 Å². The Balaban J connectivity index is 1.75. The molecule has 0 saturated carbocycles. The zero-order valence-electron chi connectivity index (χ0n) is 11.7. The molecule has 0 N–H and O–H groups in total. The normalized spacial score (nSPS) is 25.8. The molecule has 2 saturated heterocycles. The fraction of sp³-hybridized carbons (Fsp3) is 0.562. The zero-order chi connectivity index (χ0) is 13.8. The first-order valence-corrected chi connectivity index (χ1v) is 7.41. The smallest absolute Gasteiger partial charge is 0.229 e. The standard InChI is InChI=1S/C16H21NO3/c18-16(11-15-7-4-9-20-15)17(14-8-10-19-12-14)13-5-2-1-3-6-13/h1-3,5-6,14-15H,4,7-12H2/t14-,15+/m1/s1. The van der Waals surface area contributed by atoms with Gasteiger partial charge in [0.25, 0.3) is 0 Å². The van der Waals surface area contributed by atoms with Crippen molar-refractivity contribution in [3.63, 3.8) is 0 Å². The summed E-state index contributed by atoms with van der Waals surface area (Å²) in [5, 5.41) is 0. The maximum absolute atomic E-state index is 12.7. The third-order valence-electron chi connectivity index (χ3n) is 4.00. The lowest BCUT2D eigenvalue weighted by Crippen LogP contribution is -2.42. The monoisotopic (exact) mass is 275 g/mol. The van der Waals surface area contributed by atoms with Crippen molar-refractivity contribution in [3.8, 4) is 0 Å². The fourth-order valence-corrected chi connectivity index (χ4v) is 2.97. The van der Waals surface area contributed by atoms with Gasteiger partial charge in [0.05, 0.1) is 25.2 Å². The van der Waals surface area contributed by atoms with Crippen LogP contribution in [0.4, 0.5) is 5.69 Å². The van der Waals surface area contributed by atoms with Gasteiger partial charge in [0.1, 0.15) is 0 Å². The zero-order valence-corrected chi connectivity index (χ0v) is 11.7. The number of hydrogen-bond donors (Lipinski definition) is 0. The van der Waals surface area contributed by atoms with E-state index < -0.39 is 0 Å². The number of benzene rings is 1. The first-order chi connectivity index (χ1) is 9.84. The number of amides is 1. The molecule has 1 aromatic rings. The molecule has 2 fully saturated rings. The summed E-state index contributed by atoms with van der Waals surface area (Å²) >= 11 is 0. The van der Waals surface area contributed by atoms with Gasteiger partial charge in [-0.25, -0.2) is 0 Å². The highest BCUT2D eigenvalue weighted by Gasteiger charge is 2.30. The predicted octanol–water partition coefficient (Wildman–Crippen LogP) is 2.38. The van der Waals surface area contributed by atoms with Crippen molar-refractivity contribution in [1.29, 1.82) is 0 Å². The summed E-state index contributed by atoms with van der Waals surface area (Å²) in [6.45, 7) is 2.16. The van der Waals surface area contributed by atoms with E-state index in [0.717, 1.165) is 38.2 Å². The van der Waals surface area contributed by atoms with Gasteiger partial charge in [-0.05, 0) is 31.4 Å². The van der Waals surface area contributed by atoms with Gasteiger partial charge in [0, 0.05) is 18.9 Å². The van der Waals surface area contributed by atoms with Crippen LogP contribution in [0.1, 0.15) is 25.7 Å². The number of para-hydroxylation sites is 1. The highest BCUT2D eigenvalue weighted by molar-refractivity contribution is 5.94. The summed E-state index contributed by atoms with van der Waals surface area (Å²) < 4.78 is 11.0. The van der Waals surface area contributed by atoms with Gasteiger partial charge in [-0.3, -0.25) is 4.79 Å². The van der Waals surface area contributed by atoms with E-state index in [-0.39, 0.29) is 18.1 Å². The Bertz CT molecular complexity index is 436. The summed E-state index contributed by atoms with van der Waals surface area (Å²) in [7, 11) is 0. The van der Waals surface area contributed by atoms with Gasteiger partial charge >= 0.3 is 0 Å². The molecule has 1 aromatic carbocycles. The minimum atomic E-state index is 0.0935. The maximum Gasteiger partial charge on any atom is 0.229 e. The second-order valence-electron chi connectivity index (χ2n) is 5.46. The molecule has 2 atom stereocenters. The third kappa shape index (κ3) is 3.02. The van der Waals surface area contributed by atoms with E-state index in [1.807, 2.05) is 35.2 Å². The second kappa shape index (κ2) is 6.37. The summed E-state index contributed by atoms with van der Waals surface area (Å²) in [5.41, 5.74) is 0.964. The van der Waals surface area contributed by atoms with Crippen LogP contribution in [-0.2, 0) is 14.3 Å². The van der Waals surface area contributed by atoms with Crippen LogP contribution in [0.5, 0.6) is 0 Å². The molecule has 0 aromatic heterocycles. The van der Waals surface area contributed by atoms with Crippen LogP contribution in [0.15, 0.2) is 30.3 Å². The second-order valence-corrected chi connectivity index (χ2v) is 5.46. The van der Waals surface area contributed by atoms with Crippen molar-refractivity contribution in [1.82, 2.24) is 0 Å². The Hall–Kier alpha value is -1.39. The molecule has 0 bridgehead atoms. The van der Waals surface area contributed by atoms with Crippen LogP contribution in [0, 0.1) is 0 Å². The Kier molecular flexibility index (Phi) is 4.33. The van der Waals surface area contributed by atoms with Crippen molar-refractivity contribution in [2.24, 2.45) is 0 Å². The van der Waals surface area contributed by atoms with Gasteiger partial charge < -0.3 is 14.4 Å². The predicted molar refractivity (Wildman–Crippen MR) is 76.7 cm³/mol. The Morgan fingerprint density at radius 3 is 2.70 bits per heavy atom. The molecule has 108 valence electrons. The summed E-state index contributed by atoms with van der Waals surface area (Å²) in [6.07, 6.45) is 3.54. The molecule has 0 aliphatic carbocycles. The number of carbonyl (C=O) groups excluding carboxylic acids is 1. The Morgan fingerprint density at radius 2 is 2.05 bits per heavy atom. The Morgan fingerprint density at radius 1 is 1.20 bits per heavy atom. The number of hydrogen-bond acceptors (Lipinski definition) is 3. The van der Waals surface area contributed by atoms with Crippen molar-refractivity contribution >= 4 is 11.6 Å². The summed E-state index contributed by atoms with van der Waals surface area (Å²) in [5.74, 6) is 0.151. The third-order valence-corrected chi connectivity index (χ3v) is 4.00. The molecule has 0 radical (unpaired) electrons. The molecule has 4 nitrogen and oxygen atoms in total. The van der Waals surface area contributed by atoms with E-state index in [0.29, 0.717) is 13.0 Å². The van der Waals surface area contributed by atoms with Crippen LogP contribution in [0.25, 0.3) is 0 Å². The van der Waals surface area contributed by atoms with Crippen LogP contribution in [0.3, 0.4) is 0 Å². The van der Waals surface area contributed by atoms with Crippen LogP contribution in [-0.4, -0.2) is 37.9 Å². The SMILES string of the molecule is O=C(C[C@@H]1CCCO1)N(c1ccccc1)[C@@H]1CCOC1. The first-order valence-electron chi connectivity index (χ1n) is 7.41. The van der Waals surface area contributed by atoms with Crippen molar-refractivity contribution in [3.05, 3.63) is 30.3 Å². The molecule has 0 spiro atoms. The molecule has 2 heterocycles. The molecule has 1 amide bonds. The first kappa shape index (κ1) is 13.6. The average molecular weight is 275 g/mol. The lowest BCUT2D eigenvalue weighted by atomic mass is 10.1. The molecule has 4 heteroatoms. The maximum atomic E-state index is 12.7. The topological polar surface area (TPSA) is 38.8 Å². The molecule has 3 rings (SSSR count). The highest BCUT2D eigenvalue weighted by Crippen LogP contribution is 2.25. The van der Waals surface area contributed by atoms with Crippen molar-refractivity contribution in [2.45, 2.75) is 37.8 Å². The number of nitrogens with zero attached hydrogens (tertiary/aromatic N) is 1. The largest absolute Gasteiger partial charge is 0.379 e. The highest BCUT2D eigenvalue weighted by atomic mass is 16.5. The number of ether oxygens (including phenoxy) is 2. The van der Waals surface area contributed by atoms with Gasteiger partial charge in [0.15, 0.2) is 0 Å². The van der Waals surface area contributed by atoms with Gasteiger partial charge in [0.2, 0.25) is 5.91 Å². The van der Waals surface area contributed by atoms with Gasteiger partial charge in [-0.15, -0.1) is 0 Å². The minimum absolute atomic E-state index is 0.0935. The molecular weight excluding hydrogens is 254 g/mol. The van der Waals surface area contributed by atoms with Gasteiger partial charge in [-0.1, -0.05) is 18.2 Å². The van der Waals surface area contributed by atoms with E-state index in [1.54, 1.807) is 0 Å². The molecule has 2 aliphatic rings. The average Bonchev–Trinajstić information content (AvgIpc) is 3.14. The van der Waals surface area contributed by atoms with E-state index in [4.69, 9.17) is 9.47 Å². The quantitative estimate of drug-likeness (QED) is 0.847. The number of rotatable bonds is 4. The van der Waals surface area contributed by atoms with E-state index in [2.05, 4.69) is 0 Å². The number of anilines is 1. The fourth-order valence-electron chi connectivity index (χ4n) is 2.97. The summed E-state index contributed by atoms with van der Waals surface area (Å²) in [6, 6.07) is 10.1. The van der Waals surface area contributed by atoms with E-state index >= 15 is 0 Å². The van der Waals surface area contributed by atoms with Crippen molar-refractivity contribution in [2.75, 3.05) is 24.7 Å². The van der Waals surface area contributed by atoms with E-state index in [1.165, 1.54) is 0 Å². The van der Waals surface area contributed by atoms with Gasteiger partial charge in [-0.2, -0.15) is 0 Å². The lowest BCUT2D eigenvalue weighted by molar-refractivity contribution is -0.121. The number of carbonyl (C=O) groups is 1. The molecule has 20 heavy (non-hydrogen) atoms. The van der Waals surface area contributed by atoms with Crippen LogP contribution in [0.2, 0.25) is 0 Å². The van der Waals surface area contributed by atoms with Crippen LogP contribution >= 0.6 is 0 Å². The van der Waals surface area contributed by atoms with Crippen LogP contribution < -0.4 is 4.90 Å². The van der Waals surface area contributed by atoms with Crippen molar-refractivity contribution < 1.29 is 14.3 Å². The summed E-state index contributed by atoms with van der Waals surface area (Å²) in [4.78, 5) is 14.6. The molecule has 2 aliphatic heterocycles. The molecule has 0 unspecified atom stereocenters. The minimum Gasteiger partial charge on any atom is -0.379 e. The van der Waals surface area contributed by atoms with E-state index in [9.17, 15) is 4.79 Å². The molecular formula is C16H21NO3.